The first kappa shape index (κ1) is 14.7. The number of halogens is 3. The van der Waals surface area contributed by atoms with E-state index in [1.165, 1.54) is 6.07 Å². The molecule has 0 radical (unpaired) electrons. The van der Waals surface area contributed by atoms with Crippen molar-refractivity contribution in [3.05, 3.63) is 29.8 Å². The van der Waals surface area contributed by atoms with E-state index in [1.54, 1.807) is 6.07 Å². The van der Waals surface area contributed by atoms with E-state index in [2.05, 4.69) is 0 Å². The summed E-state index contributed by atoms with van der Waals surface area (Å²) < 4.78 is 36.6. The van der Waals surface area contributed by atoms with Gasteiger partial charge in [0.2, 0.25) is 0 Å². The minimum Gasteiger partial charge on any atom is -0.445 e. The fourth-order valence-corrected chi connectivity index (χ4v) is 1.08. The van der Waals surface area contributed by atoms with Gasteiger partial charge in [-0.05, 0) is 12.0 Å². The summed E-state index contributed by atoms with van der Waals surface area (Å²) in [5, 5.41) is 8.54. The molecule has 0 unspecified atom stereocenters. The molecule has 0 bridgehead atoms. The van der Waals surface area contributed by atoms with Gasteiger partial charge in [0.05, 0.1) is 0 Å². The summed E-state index contributed by atoms with van der Waals surface area (Å²) in [6.07, 6.45) is 0.264. The number of aliphatic hydroxyl groups excluding tert-OH is 1. The van der Waals surface area contributed by atoms with Crippen LogP contribution in [0.4, 0.5) is 12.9 Å². The van der Waals surface area contributed by atoms with Gasteiger partial charge in [-0.3, -0.25) is 0 Å². The van der Waals surface area contributed by atoms with Crippen molar-refractivity contribution in [1.82, 2.24) is 0 Å². The van der Waals surface area contributed by atoms with Crippen molar-refractivity contribution >= 4 is 12.4 Å². The zero-order valence-electron chi connectivity index (χ0n) is 7.88. The summed E-state index contributed by atoms with van der Waals surface area (Å²) >= 11 is 0. The molecule has 0 heterocycles. The summed E-state index contributed by atoms with van der Waals surface area (Å²) in [4.78, 5) is 0. The van der Waals surface area contributed by atoms with Crippen molar-refractivity contribution in [3.8, 4) is 0 Å². The Morgan fingerprint density at radius 1 is 1.21 bits per heavy atom. The molecule has 0 spiro atoms. The smallest absolute Gasteiger partial charge is 0.445 e. The van der Waals surface area contributed by atoms with Gasteiger partial charge >= 0.3 is 58.4 Å². The second-order valence-electron chi connectivity index (χ2n) is 2.79. The van der Waals surface area contributed by atoms with Crippen molar-refractivity contribution in [3.63, 3.8) is 0 Å². The molecule has 0 saturated heterocycles. The van der Waals surface area contributed by atoms with Gasteiger partial charge in [0.15, 0.2) is 0 Å². The van der Waals surface area contributed by atoms with Crippen LogP contribution in [0.2, 0.25) is 0 Å². The van der Waals surface area contributed by atoms with Crippen LogP contribution >= 0.6 is 0 Å². The zero-order chi connectivity index (χ0) is 9.90. The summed E-state index contributed by atoms with van der Waals surface area (Å²) in [5.74, 6) is 0. The van der Waals surface area contributed by atoms with Crippen LogP contribution in [-0.4, -0.2) is 18.7 Å². The van der Waals surface area contributed by atoms with E-state index in [9.17, 15) is 12.9 Å². The fraction of sp³-hybridized carbons (Fsp3) is 0.250. The molecule has 0 fully saturated rings. The first-order valence-corrected chi connectivity index (χ1v) is 3.93. The summed E-state index contributed by atoms with van der Waals surface area (Å²) in [5.41, 5.74) is -0.0925. The van der Waals surface area contributed by atoms with Crippen LogP contribution in [0.5, 0.6) is 0 Å². The topological polar surface area (TPSA) is 20.2 Å². The number of hydrogen-bond donors (Lipinski definition) is 1. The summed E-state index contributed by atoms with van der Waals surface area (Å²) in [6, 6.07) is 5.05. The van der Waals surface area contributed by atoms with Gasteiger partial charge in [-0.2, -0.15) is 0 Å². The molecule has 1 nitrogen and oxygen atoms in total. The Hall–Kier alpha value is 0.671. The van der Waals surface area contributed by atoms with Gasteiger partial charge in [-0.25, -0.2) is 0 Å². The quantitative estimate of drug-likeness (QED) is 0.610. The van der Waals surface area contributed by atoms with Crippen LogP contribution in [0.25, 0.3) is 0 Å². The van der Waals surface area contributed by atoms with Gasteiger partial charge in [-0.1, -0.05) is 24.3 Å². The van der Waals surface area contributed by atoms with Gasteiger partial charge in [0.25, 0.3) is 0 Å². The number of rotatable bonds is 3. The molecule has 0 saturated carbocycles. The third-order valence-electron chi connectivity index (χ3n) is 1.73. The second kappa shape index (κ2) is 6.30. The first-order valence-electron chi connectivity index (χ1n) is 3.93. The second-order valence-corrected chi connectivity index (χ2v) is 2.79. The van der Waals surface area contributed by atoms with Gasteiger partial charge < -0.3 is 18.1 Å². The van der Waals surface area contributed by atoms with E-state index in [4.69, 9.17) is 5.11 Å². The van der Waals surface area contributed by atoms with Crippen molar-refractivity contribution in [2.75, 3.05) is 6.61 Å². The monoisotopic (exact) mass is 228 g/mol. The molecule has 1 aromatic carbocycles. The first-order chi connectivity index (χ1) is 6.04. The number of benzene rings is 1. The minimum atomic E-state index is -4.92. The van der Waals surface area contributed by atoms with E-state index in [1.807, 2.05) is 0 Å². The Morgan fingerprint density at radius 2 is 1.86 bits per heavy atom. The number of hydrogen-bond acceptors (Lipinski definition) is 1. The molecule has 0 aliphatic rings. The third kappa shape index (κ3) is 4.46. The van der Waals surface area contributed by atoms with Crippen LogP contribution in [0.1, 0.15) is 5.56 Å². The Morgan fingerprint density at radius 3 is 2.36 bits per heavy atom. The van der Waals surface area contributed by atoms with E-state index in [-0.39, 0.29) is 64.4 Å². The molecule has 14 heavy (non-hydrogen) atoms. The fourth-order valence-electron chi connectivity index (χ4n) is 1.08. The van der Waals surface area contributed by atoms with E-state index in [0.29, 0.717) is 5.56 Å². The molecule has 6 heteroatoms. The van der Waals surface area contributed by atoms with Crippen LogP contribution in [-0.2, 0) is 6.42 Å². The predicted molar refractivity (Wildman–Crippen MR) is 45.9 cm³/mol. The maximum absolute atomic E-state index is 12.2. The molecule has 1 rings (SSSR count). The normalized spacial score (nSPS) is 10.9. The van der Waals surface area contributed by atoms with E-state index in [0.717, 1.165) is 12.1 Å². The van der Waals surface area contributed by atoms with Crippen molar-refractivity contribution < 1.29 is 69.4 Å². The maximum Gasteiger partial charge on any atom is 1.00 e. The van der Waals surface area contributed by atoms with Crippen LogP contribution in [0.3, 0.4) is 0 Å². The Kier molecular flexibility index (Phi) is 6.60. The predicted octanol–water partition coefficient (Wildman–Crippen LogP) is -1.72. The average molecular weight is 228 g/mol. The summed E-state index contributed by atoms with van der Waals surface area (Å²) in [7, 11) is 0. The Bertz CT molecular complexity index is 290. The summed E-state index contributed by atoms with van der Waals surface area (Å²) in [6.45, 7) is -5.05. The molecule has 72 valence electrons. The van der Waals surface area contributed by atoms with Gasteiger partial charge in [-0.15, -0.1) is 5.46 Å². The maximum atomic E-state index is 12.2. The van der Waals surface area contributed by atoms with Gasteiger partial charge in [0, 0.05) is 6.61 Å². The largest absolute Gasteiger partial charge is 1.00 e. The molecule has 0 aliphatic heterocycles. The van der Waals surface area contributed by atoms with Crippen LogP contribution in [0.15, 0.2) is 24.3 Å². The van der Waals surface area contributed by atoms with Gasteiger partial charge in [0.1, 0.15) is 0 Å². The Balaban J connectivity index is 0.00000169. The standard InChI is InChI=1S/C8H9BF3O.K/c10-9(11,12)8-3-1-2-7(6-8)4-5-13;/h1-3,6,13H,4-5H2;/q-1;+1. The Labute approximate surface area is 123 Å². The molecule has 0 aliphatic carbocycles. The molecule has 0 atom stereocenters. The zero-order valence-corrected chi connectivity index (χ0v) is 11.0. The number of aliphatic hydroxyl groups is 1. The third-order valence-corrected chi connectivity index (χ3v) is 1.73. The molecule has 0 amide bonds. The van der Waals surface area contributed by atoms with Crippen LogP contribution in [0, 0.1) is 0 Å². The SMILES string of the molecule is OCCc1cccc([B-](F)(F)F)c1.[K+]. The van der Waals surface area contributed by atoms with Crippen molar-refractivity contribution in [2.45, 2.75) is 6.42 Å². The van der Waals surface area contributed by atoms with Crippen LogP contribution < -0.4 is 56.8 Å². The molecule has 1 aromatic rings. The molecule has 1 N–H and O–H groups in total. The molecular weight excluding hydrogens is 219 g/mol. The van der Waals surface area contributed by atoms with E-state index >= 15 is 0 Å². The van der Waals surface area contributed by atoms with Crippen molar-refractivity contribution in [2.24, 2.45) is 0 Å². The van der Waals surface area contributed by atoms with E-state index < -0.39 is 12.4 Å². The average Bonchev–Trinajstić information content (AvgIpc) is 2.04. The minimum absolute atomic E-state index is 0. The molecular formula is C8H9BF3KO. The molecule has 0 aromatic heterocycles. The van der Waals surface area contributed by atoms with Crippen molar-refractivity contribution in [1.29, 1.82) is 0 Å².